The SMILES string of the molecule is CCN1CCN(C(=O)c2cnc(Nc3cccc(C#N)c3)cn2)CC1. The molecule has 7 heteroatoms. The molecular formula is C18H20N6O. The maximum absolute atomic E-state index is 12.5. The summed E-state index contributed by atoms with van der Waals surface area (Å²) in [5.74, 6) is 0.448. The zero-order chi connectivity index (χ0) is 17.6. The minimum atomic E-state index is -0.0821. The van der Waals surface area contributed by atoms with Gasteiger partial charge in [0.05, 0.1) is 24.0 Å². The molecular weight excluding hydrogens is 316 g/mol. The number of carbonyl (C=O) groups excluding carboxylic acids is 1. The molecule has 2 aromatic rings. The third-order valence-corrected chi connectivity index (χ3v) is 4.24. The standard InChI is InChI=1S/C18H20N6O/c1-2-23-6-8-24(9-7-23)18(25)16-12-21-17(13-20-16)22-15-5-3-4-14(10-15)11-19/h3-5,10,12-13H,2,6-9H2,1H3,(H,21,22). The van der Waals surface area contributed by atoms with Gasteiger partial charge in [-0.3, -0.25) is 4.79 Å². The summed E-state index contributed by atoms with van der Waals surface area (Å²) < 4.78 is 0. The molecule has 1 N–H and O–H groups in total. The average Bonchev–Trinajstić information content (AvgIpc) is 2.68. The number of benzene rings is 1. The van der Waals surface area contributed by atoms with Gasteiger partial charge in [0.2, 0.25) is 0 Å². The Morgan fingerprint density at radius 1 is 1.24 bits per heavy atom. The van der Waals surface area contributed by atoms with E-state index in [0.717, 1.165) is 38.4 Å². The van der Waals surface area contributed by atoms with Gasteiger partial charge in [0.15, 0.2) is 0 Å². The molecule has 0 unspecified atom stereocenters. The Hall–Kier alpha value is -2.98. The van der Waals surface area contributed by atoms with Crippen LogP contribution in [0.5, 0.6) is 0 Å². The van der Waals surface area contributed by atoms with Crippen molar-refractivity contribution >= 4 is 17.4 Å². The van der Waals surface area contributed by atoms with Crippen LogP contribution >= 0.6 is 0 Å². The van der Waals surface area contributed by atoms with E-state index in [1.165, 1.54) is 12.4 Å². The second kappa shape index (κ2) is 7.73. The first-order valence-corrected chi connectivity index (χ1v) is 8.30. The summed E-state index contributed by atoms with van der Waals surface area (Å²) in [4.78, 5) is 25.1. The third kappa shape index (κ3) is 4.11. The largest absolute Gasteiger partial charge is 0.339 e. The van der Waals surface area contributed by atoms with Crippen LogP contribution in [0.2, 0.25) is 0 Å². The van der Waals surface area contributed by atoms with Crippen molar-refractivity contribution in [3.05, 3.63) is 47.9 Å². The fraction of sp³-hybridized carbons (Fsp3) is 0.333. The molecule has 1 aromatic heterocycles. The van der Waals surface area contributed by atoms with Crippen LogP contribution in [0, 0.1) is 11.3 Å². The lowest BCUT2D eigenvalue weighted by Gasteiger charge is -2.33. The highest BCUT2D eigenvalue weighted by atomic mass is 16.2. The number of aromatic nitrogens is 2. The van der Waals surface area contributed by atoms with Gasteiger partial charge in [0.1, 0.15) is 11.5 Å². The van der Waals surface area contributed by atoms with Crippen molar-refractivity contribution in [2.75, 3.05) is 38.0 Å². The molecule has 0 bridgehead atoms. The zero-order valence-corrected chi connectivity index (χ0v) is 14.1. The van der Waals surface area contributed by atoms with Crippen molar-refractivity contribution in [2.24, 2.45) is 0 Å². The van der Waals surface area contributed by atoms with Crippen LogP contribution in [-0.4, -0.2) is 58.4 Å². The highest BCUT2D eigenvalue weighted by molar-refractivity contribution is 5.92. The minimum Gasteiger partial charge on any atom is -0.339 e. The Morgan fingerprint density at radius 2 is 2.04 bits per heavy atom. The van der Waals surface area contributed by atoms with Crippen LogP contribution in [0.4, 0.5) is 11.5 Å². The number of rotatable bonds is 4. The normalized spacial score (nSPS) is 14.8. The van der Waals surface area contributed by atoms with E-state index in [4.69, 9.17) is 5.26 Å². The molecule has 3 rings (SSSR count). The molecule has 1 aliphatic heterocycles. The lowest BCUT2D eigenvalue weighted by Crippen LogP contribution is -2.48. The van der Waals surface area contributed by atoms with E-state index in [2.05, 4.69) is 33.2 Å². The Morgan fingerprint density at radius 3 is 2.68 bits per heavy atom. The predicted octanol–water partition coefficient (Wildman–Crippen LogP) is 1.87. The molecule has 1 amide bonds. The molecule has 0 radical (unpaired) electrons. The van der Waals surface area contributed by atoms with Crippen molar-refractivity contribution in [3.8, 4) is 6.07 Å². The van der Waals surface area contributed by atoms with Crippen molar-refractivity contribution in [3.63, 3.8) is 0 Å². The molecule has 0 spiro atoms. The first-order valence-electron chi connectivity index (χ1n) is 8.30. The number of nitriles is 1. The molecule has 0 saturated carbocycles. The molecule has 128 valence electrons. The second-order valence-corrected chi connectivity index (χ2v) is 5.83. The van der Waals surface area contributed by atoms with Gasteiger partial charge in [-0.2, -0.15) is 5.26 Å². The first kappa shape index (κ1) is 16.9. The Bertz CT molecular complexity index is 775. The molecule has 1 fully saturated rings. The van der Waals surface area contributed by atoms with E-state index in [1.54, 1.807) is 18.2 Å². The number of nitrogens with zero attached hydrogens (tertiary/aromatic N) is 5. The van der Waals surface area contributed by atoms with Crippen molar-refractivity contribution in [2.45, 2.75) is 6.92 Å². The van der Waals surface area contributed by atoms with Crippen LogP contribution in [0.1, 0.15) is 23.0 Å². The number of piperazine rings is 1. The number of nitrogens with one attached hydrogen (secondary N) is 1. The quantitative estimate of drug-likeness (QED) is 0.917. The second-order valence-electron chi connectivity index (χ2n) is 5.83. The number of amides is 1. The van der Waals surface area contributed by atoms with Crippen LogP contribution in [0.15, 0.2) is 36.7 Å². The first-order chi connectivity index (χ1) is 12.2. The number of likely N-dealkylation sites (N-methyl/N-ethyl adjacent to an activating group) is 1. The Labute approximate surface area is 146 Å². The van der Waals surface area contributed by atoms with Gasteiger partial charge in [0, 0.05) is 31.9 Å². The summed E-state index contributed by atoms with van der Waals surface area (Å²) in [5.41, 5.74) is 1.67. The summed E-state index contributed by atoms with van der Waals surface area (Å²) >= 11 is 0. The molecule has 0 aliphatic carbocycles. The summed E-state index contributed by atoms with van der Waals surface area (Å²) in [5, 5.41) is 12.0. The summed E-state index contributed by atoms with van der Waals surface area (Å²) in [7, 11) is 0. The number of carbonyl (C=O) groups is 1. The maximum Gasteiger partial charge on any atom is 0.274 e. The van der Waals surface area contributed by atoms with Gasteiger partial charge in [-0.15, -0.1) is 0 Å². The van der Waals surface area contributed by atoms with Crippen LogP contribution < -0.4 is 5.32 Å². The smallest absolute Gasteiger partial charge is 0.274 e. The van der Waals surface area contributed by atoms with Crippen molar-refractivity contribution < 1.29 is 4.79 Å². The average molecular weight is 336 g/mol. The fourth-order valence-corrected chi connectivity index (χ4v) is 2.75. The minimum absolute atomic E-state index is 0.0821. The topological polar surface area (TPSA) is 85.1 Å². The molecule has 25 heavy (non-hydrogen) atoms. The molecule has 7 nitrogen and oxygen atoms in total. The molecule has 0 atom stereocenters. The molecule has 1 aliphatic rings. The maximum atomic E-state index is 12.5. The molecule has 1 saturated heterocycles. The highest BCUT2D eigenvalue weighted by Gasteiger charge is 2.22. The van der Waals surface area contributed by atoms with E-state index in [1.807, 2.05) is 11.0 Å². The van der Waals surface area contributed by atoms with Crippen molar-refractivity contribution in [1.82, 2.24) is 19.8 Å². The lowest BCUT2D eigenvalue weighted by molar-refractivity contribution is 0.0637. The summed E-state index contributed by atoms with van der Waals surface area (Å²) in [6.07, 6.45) is 3.03. The van der Waals surface area contributed by atoms with Crippen LogP contribution in [-0.2, 0) is 0 Å². The van der Waals surface area contributed by atoms with E-state index >= 15 is 0 Å². The van der Waals surface area contributed by atoms with Crippen LogP contribution in [0.3, 0.4) is 0 Å². The highest BCUT2D eigenvalue weighted by Crippen LogP contribution is 2.15. The third-order valence-electron chi connectivity index (χ3n) is 4.24. The number of anilines is 2. The molecule has 2 heterocycles. The monoisotopic (exact) mass is 336 g/mol. The fourth-order valence-electron chi connectivity index (χ4n) is 2.75. The Balaban J connectivity index is 1.64. The van der Waals surface area contributed by atoms with Gasteiger partial charge in [-0.05, 0) is 24.7 Å². The van der Waals surface area contributed by atoms with E-state index < -0.39 is 0 Å². The van der Waals surface area contributed by atoms with E-state index in [0.29, 0.717) is 17.1 Å². The zero-order valence-electron chi connectivity index (χ0n) is 14.1. The predicted molar refractivity (Wildman–Crippen MR) is 94.5 cm³/mol. The van der Waals surface area contributed by atoms with Gasteiger partial charge < -0.3 is 15.1 Å². The van der Waals surface area contributed by atoms with E-state index in [-0.39, 0.29) is 5.91 Å². The van der Waals surface area contributed by atoms with Crippen LogP contribution in [0.25, 0.3) is 0 Å². The summed E-state index contributed by atoms with van der Waals surface area (Å²) in [6, 6.07) is 9.19. The van der Waals surface area contributed by atoms with Crippen molar-refractivity contribution in [1.29, 1.82) is 5.26 Å². The number of hydrogen-bond acceptors (Lipinski definition) is 6. The molecule has 1 aromatic carbocycles. The van der Waals surface area contributed by atoms with Gasteiger partial charge in [0.25, 0.3) is 5.91 Å². The van der Waals surface area contributed by atoms with Gasteiger partial charge >= 0.3 is 0 Å². The van der Waals surface area contributed by atoms with Gasteiger partial charge in [-0.25, -0.2) is 9.97 Å². The Kier molecular flexibility index (Phi) is 5.21. The van der Waals surface area contributed by atoms with Gasteiger partial charge in [-0.1, -0.05) is 13.0 Å². The summed E-state index contributed by atoms with van der Waals surface area (Å²) in [6.45, 7) is 6.36. The lowest BCUT2D eigenvalue weighted by atomic mass is 10.2. The van der Waals surface area contributed by atoms with E-state index in [9.17, 15) is 4.79 Å². The number of hydrogen-bond donors (Lipinski definition) is 1.